The third-order valence-corrected chi connectivity index (χ3v) is 9.05. The zero-order valence-electron chi connectivity index (χ0n) is 19.1. The third-order valence-electron chi connectivity index (χ3n) is 8.17. The molecular formula is C27H32BrClN2O2. The Kier molecular flexibility index (Phi) is 6.83. The van der Waals surface area contributed by atoms with Gasteiger partial charge in [0.05, 0.1) is 11.8 Å². The standard InChI is InChI=1S/C27H32BrClN2O2/c1-16-13-20(6-7-23(16)32)27(33)31-11-8-17(9-12-31)25-24-19(14-21(29)15-22(24)28)5-4-18-3-2-10-30-26(18)25/h2-3,10,14-17,20,23,25,32H,4-9,11-13H2,1H3/t16?,20?,23?,25-/m1/s1. The highest BCUT2D eigenvalue weighted by molar-refractivity contribution is 9.10. The van der Waals surface area contributed by atoms with Crippen molar-refractivity contribution in [3.8, 4) is 0 Å². The number of piperidine rings is 1. The zero-order chi connectivity index (χ0) is 23.1. The molecule has 5 rings (SSSR count). The second-order valence-corrected chi connectivity index (χ2v) is 11.5. The van der Waals surface area contributed by atoms with Crippen molar-refractivity contribution >= 4 is 33.4 Å². The van der Waals surface area contributed by atoms with E-state index in [1.807, 2.05) is 18.3 Å². The van der Waals surface area contributed by atoms with Crippen molar-refractivity contribution in [2.24, 2.45) is 17.8 Å². The van der Waals surface area contributed by atoms with Gasteiger partial charge in [-0.05, 0) is 91.7 Å². The third kappa shape index (κ3) is 4.61. The van der Waals surface area contributed by atoms with Crippen molar-refractivity contribution in [2.75, 3.05) is 13.1 Å². The number of carbonyl (C=O) groups is 1. The van der Waals surface area contributed by atoms with Crippen molar-refractivity contribution in [2.45, 2.75) is 63.9 Å². The van der Waals surface area contributed by atoms with Gasteiger partial charge < -0.3 is 10.0 Å². The zero-order valence-corrected chi connectivity index (χ0v) is 21.5. The molecule has 3 aliphatic rings. The van der Waals surface area contributed by atoms with E-state index in [1.54, 1.807) is 0 Å². The number of carbonyl (C=O) groups excluding carboxylic acids is 1. The Bertz CT molecular complexity index is 1040. The molecule has 4 nitrogen and oxygen atoms in total. The second-order valence-electron chi connectivity index (χ2n) is 10.2. The minimum absolute atomic E-state index is 0.0669. The van der Waals surface area contributed by atoms with Gasteiger partial charge >= 0.3 is 0 Å². The Balaban J connectivity index is 1.38. The fourth-order valence-electron chi connectivity index (χ4n) is 6.32. The van der Waals surface area contributed by atoms with Crippen LogP contribution in [0, 0.1) is 17.8 Å². The summed E-state index contributed by atoms with van der Waals surface area (Å²) in [5.74, 6) is 1.22. The van der Waals surface area contributed by atoms with Crippen molar-refractivity contribution < 1.29 is 9.90 Å². The molecule has 4 atom stereocenters. The van der Waals surface area contributed by atoms with Gasteiger partial charge in [0.2, 0.25) is 5.91 Å². The van der Waals surface area contributed by atoms with Crippen LogP contribution in [0.5, 0.6) is 0 Å². The lowest BCUT2D eigenvalue weighted by molar-refractivity contribution is -0.139. The van der Waals surface area contributed by atoms with E-state index in [0.717, 1.165) is 67.5 Å². The number of hydrogen-bond acceptors (Lipinski definition) is 3. The Labute approximate surface area is 209 Å². The van der Waals surface area contributed by atoms with Crippen molar-refractivity contribution in [1.82, 2.24) is 9.88 Å². The van der Waals surface area contributed by atoms with E-state index in [0.29, 0.717) is 11.8 Å². The summed E-state index contributed by atoms with van der Waals surface area (Å²) in [5, 5.41) is 10.8. The van der Waals surface area contributed by atoms with Crippen LogP contribution in [-0.4, -0.2) is 40.1 Å². The first-order valence-electron chi connectivity index (χ1n) is 12.3. The van der Waals surface area contributed by atoms with E-state index in [4.69, 9.17) is 16.6 Å². The van der Waals surface area contributed by atoms with Gasteiger partial charge in [-0.15, -0.1) is 0 Å². The number of fused-ring (bicyclic) bond motifs is 2. The summed E-state index contributed by atoms with van der Waals surface area (Å²) in [5.41, 5.74) is 5.16. The molecule has 0 radical (unpaired) electrons. The first kappa shape index (κ1) is 23.3. The van der Waals surface area contributed by atoms with Crippen molar-refractivity contribution in [3.05, 3.63) is 62.3 Å². The van der Waals surface area contributed by atoms with Crippen LogP contribution in [0.4, 0.5) is 0 Å². The molecule has 2 fully saturated rings. The molecule has 0 spiro atoms. The van der Waals surface area contributed by atoms with Crippen LogP contribution in [0.1, 0.15) is 67.3 Å². The van der Waals surface area contributed by atoms with E-state index in [1.165, 1.54) is 22.4 Å². The molecule has 2 aliphatic carbocycles. The van der Waals surface area contributed by atoms with E-state index < -0.39 is 0 Å². The summed E-state index contributed by atoms with van der Waals surface area (Å²) in [6, 6.07) is 8.39. The molecule has 0 bridgehead atoms. The maximum atomic E-state index is 13.2. The van der Waals surface area contributed by atoms with E-state index >= 15 is 0 Å². The van der Waals surface area contributed by atoms with Gasteiger partial charge in [0.1, 0.15) is 0 Å². The summed E-state index contributed by atoms with van der Waals surface area (Å²) in [7, 11) is 0. The van der Waals surface area contributed by atoms with Crippen LogP contribution < -0.4 is 0 Å². The lowest BCUT2D eigenvalue weighted by atomic mass is 9.76. The van der Waals surface area contributed by atoms with Crippen LogP contribution in [-0.2, 0) is 17.6 Å². The number of amides is 1. The molecular weight excluding hydrogens is 500 g/mol. The predicted molar refractivity (Wildman–Crippen MR) is 134 cm³/mol. The lowest BCUT2D eigenvalue weighted by Gasteiger charge is -2.39. The van der Waals surface area contributed by atoms with Crippen molar-refractivity contribution in [1.29, 1.82) is 0 Å². The first-order chi connectivity index (χ1) is 15.9. The van der Waals surface area contributed by atoms with Gasteiger partial charge in [0.15, 0.2) is 0 Å². The number of aryl methyl sites for hydroxylation is 2. The topological polar surface area (TPSA) is 53.4 Å². The van der Waals surface area contributed by atoms with Crippen LogP contribution in [0.3, 0.4) is 0 Å². The number of nitrogens with zero attached hydrogens (tertiary/aromatic N) is 2. The van der Waals surface area contributed by atoms with Crippen molar-refractivity contribution in [3.63, 3.8) is 0 Å². The maximum absolute atomic E-state index is 13.2. The molecule has 1 saturated carbocycles. The molecule has 2 heterocycles. The first-order valence-corrected chi connectivity index (χ1v) is 13.5. The summed E-state index contributed by atoms with van der Waals surface area (Å²) < 4.78 is 1.07. The number of aliphatic hydroxyl groups excluding tert-OH is 1. The molecule has 1 N–H and O–H groups in total. The Hall–Kier alpha value is -1.43. The van der Waals surface area contributed by atoms with Gasteiger partial charge in [0.25, 0.3) is 0 Å². The van der Waals surface area contributed by atoms with Gasteiger partial charge in [-0.3, -0.25) is 9.78 Å². The van der Waals surface area contributed by atoms with Crippen LogP contribution >= 0.6 is 27.5 Å². The number of benzene rings is 1. The highest BCUT2D eigenvalue weighted by atomic mass is 79.9. The van der Waals surface area contributed by atoms with Gasteiger partial charge in [-0.2, -0.15) is 0 Å². The number of likely N-dealkylation sites (tertiary alicyclic amines) is 1. The summed E-state index contributed by atoms with van der Waals surface area (Å²) in [6.45, 7) is 3.67. The quantitative estimate of drug-likeness (QED) is 0.536. The van der Waals surface area contributed by atoms with Crippen LogP contribution in [0.2, 0.25) is 5.02 Å². The highest BCUT2D eigenvalue weighted by Gasteiger charge is 2.38. The monoisotopic (exact) mass is 530 g/mol. The molecule has 1 aromatic carbocycles. The Morgan fingerprint density at radius 1 is 1.15 bits per heavy atom. The lowest BCUT2D eigenvalue weighted by Crippen LogP contribution is -2.45. The van der Waals surface area contributed by atoms with Crippen LogP contribution in [0.25, 0.3) is 0 Å². The van der Waals surface area contributed by atoms with E-state index in [-0.39, 0.29) is 23.9 Å². The van der Waals surface area contributed by atoms with Gasteiger partial charge in [-0.25, -0.2) is 0 Å². The van der Waals surface area contributed by atoms with Gasteiger partial charge in [0, 0.05) is 40.6 Å². The molecule has 1 aromatic heterocycles. The summed E-state index contributed by atoms with van der Waals surface area (Å²) in [6.07, 6.45) is 7.91. The number of pyridine rings is 1. The molecule has 176 valence electrons. The van der Waals surface area contributed by atoms with E-state index in [2.05, 4.69) is 39.9 Å². The largest absolute Gasteiger partial charge is 0.393 e. The summed E-state index contributed by atoms with van der Waals surface area (Å²) in [4.78, 5) is 20.2. The number of rotatable bonds is 2. The predicted octanol–water partition coefficient (Wildman–Crippen LogP) is 5.76. The minimum atomic E-state index is -0.255. The normalized spacial score (nSPS) is 28.1. The highest BCUT2D eigenvalue weighted by Crippen LogP contribution is 2.46. The minimum Gasteiger partial charge on any atom is -0.393 e. The fourth-order valence-corrected chi connectivity index (χ4v) is 7.44. The number of hydrogen-bond donors (Lipinski definition) is 1. The number of aromatic nitrogens is 1. The molecule has 2 aromatic rings. The molecule has 33 heavy (non-hydrogen) atoms. The molecule has 1 amide bonds. The Morgan fingerprint density at radius 2 is 1.91 bits per heavy atom. The van der Waals surface area contributed by atoms with Gasteiger partial charge in [-0.1, -0.05) is 40.5 Å². The smallest absolute Gasteiger partial charge is 0.225 e. The molecule has 6 heteroatoms. The summed E-state index contributed by atoms with van der Waals surface area (Å²) >= 11 is 10.2. The Morgan fingerprint density at radius 3 is 2.67 bits per heavy atom. The van der Waals surface area contributed by atoms with E-state index in [9.17, 15) is 9.90 Å². The average Bonchev–Trinajstić information content (AvgIpc) is 2.98. The van der Waals surface area contributed by atoms with Crippen LogP contribution in [0.15, 0.2) is 34.9 Å². The number of halogens is 2. The molecule has 3 unspecified atom stereocenters. The second kappa shape index (κ2) is 9.67. The average molecular weight is 532 g/mol. The SMILES string of the molecule is CC1CC(C(=O)N2CCC([C@H]3c4ncccc4CCc4cc(Cl)cc(Br)c43)CC2)CCC1O. The maximum Gasteiger partial charge on any atom is 0.225 e. The molecule has 1 saturated heterocycles. The molecule has 1 aliphatic heterocycles. The fraction of sp³-hybridized carbons (Fsp3) is 0.556. The number of aliphatic hydroxyl groups is 1.